The van der Waals surface area contributed by atoms with Crippen molar-refractivity contribution in [2.24, 2.45) is 0 Å². The van der Waals surface area contributed by atoms with Crippen LogP contribution in [0.3, 0.4) is 0 Å². The molecule has 1 aliphatic carbocycles. The van der Waals surface area contributed by atoms with Crippen LogP contribution < -0.4 is 10.6 Å². The first-order chi connectivity index (χ1) is 19.3. The predicted octanol–water partition coefficient (Wildman–Crippen LogP) is 8.14. The number of para-hydroxylation sites is 1. The van der Waals surface area contributed by atoms with Crippen LogP contribution in [0.25, 0.3) is 11.1 Å². The van der Waals surface area contributed by atoms with Crippen molar-refractivity contribution in [3.8, 4) is 11.1 Å². The van der Waals surface area contributed by atoms with Crippen LogP contribution in [0.15, 0.2) is 60.2 Å². The number of benzene rings is 2. The van der Waals surface area contributed by atoms with Gasteiger partial charge < -0.3 is 15.2 Å². The highest BCUT2D eigenvalue weighted by Gasteiger charge is 2.28. The molecule has 5 rings (SSSR count). The van der Waals surface area contributed by atoms with E-state index in [0.717, 1.165) is 53.3 Å². The number of rotatable bonds is 6. The lowest BCUT2D eigenvalue weighted by molar-refractivity contribution is -0.112. The van der Waals surface area contributed by atoms with Crippen molar-refractivity contribution < 1.29 is 9.59 Å². The van der Waals surface area contributed by atoms with Gasteiger partial charge in [-0.05, 0) is 93.1 Å². The second-order valence-electron chi connectivity index (χ2n) is 9.62. The van der Waals surface area contributed by atoms with Crippen LogP contribution in [0.4, 0.5) is 11.4 Å². The zero-order valence-electron chi connectivity index (χ0n) is 22.0. The number of aromatic nitrogens is 1. The van der Waals surface area contributed by atoms with Gasteiger partial charge in [-0.15, -0.1) is 11.3 Å². The molecule has 6 nitrogen and oxygen atoms in total. The molecule has 0 atom stereocenters. The summed E-state index contributed by atoms with van der Waals surface area (Å²) in [7, 11) is 0. The van der Waals surface area contributed by atoms with Crippen molar-refractivity contribution in [1.29, 1.82) is 5.26 Å². The molecule has 0 saturated carbocycles. The Kier molecular flexibility index (Phi) is 8.13. The number of fused-ring (bicyclic) bond motifs is 1. The summed E-state index contributed by atoms with van der Waals surface area (Å²) in [4.78, 5) is 27.9. The molecule has 2 amide bonds. The highest BCUT2D eigenvalue weighted by atomic mass is 35.5. The fourth-order valence-corrected chi connectivity index (χ4v) is 6.94. The quantitative estimate of drug-likeness (QED) is 0.176. The van der Waals surface area contributed by atoms with E-state index in [1.165, 1.54) is 10.9 Å². The molecule has 0 radical (unpaired) electrons. The first-order valence-corrected chi connectivity index (χ1v) is 14.4. The number of nitrogens with one attached hydrogen (secondary N) is 2. The summed E-state index contributed by atoms with van der Waals surface area (Å²) >= 11 is 13.8. The number of halogens is 2. The highest BCUT2D eigenvalue weighted by Crippen LogP contribution is 2.39. The molecule has 202 valence electrons. The van der Waals surface area contributed by atoms with Crippen LogP contribution in [0.1, 0.15) is 50.6 Å². The molecule has 0 saturated heterocycles. The first-order valence-electron chi connectivity index (χ1n) is 12.8. The molecule has 2 N–H and O–H groups in total. The van der Waals surface area contributed by atoms with Crippen LogP contribution >= 0.6 is 34.5 Å². The fraction of sp³-hybridized carbons (Fsp3) is 0.194. The van der Waals surface area contributed by atoms with Gasteiger partial charge in [-0.3, -0.25) is 9.59 Å². The van der Waals surface area contributed by atoms with Gasteiger partial charge in [0.15, 0.2) is 0 Å². The number of hydrogen-bond donors (Lipinski definition) is 2. The fourth-order valence-electron chi connectivity index (χ4n) is 4.99. The van der Waals surface area contributed by atoms with Gasteiger partial charge in [0.25, 0.3) is 11.8 Å². The number of anilines is 2. The molecule has 1 aliphatic rings. The van der Waals surface area contributed by atoms with E-state index >= 15 is 0 Å². The second-order valence-corrected chi connectivity index (χ2v) is 11.5. The molecule has 9 heteroatoms. The van der Waals surface area contributed by atoms with Crippen LogP contribution in [0.5, 0.6) is 0 Å². The summed E-state index contributed by atoms with van der Waals surface area (Å²) in [5, 5.41) is 17.1. The number of thiophene rings is 1. The van der Waals surface area contributed by atoms with Gasteiger partial charge in [0, 0.05) is 27.0 Å². The Morgan fingerprint density at radius 3 is 2.50 bits per heavy atom. The summed E-state index contributed by atoms with van der Waals surface area (Å²) in [5.41, 5.74) is 5.28. The lowest BCUT2D eigenvalue weighted by Gasteiger charge is -2.14. The molecule has 0 fully saturated rings. The highest BCUT2D eigenvalue weighted by molar-refractivity contribution is 7.15. The molecule has 2 aromatic carbocycles. The van der Waals surface area contributed by atoms with Gasteiger partial charge >= 0.3 is 0 Å². The Labute approximate surface area is 246 Å². The standard InChI is InChI=1S/C31H26Cl2N4O2S/c1-18-14-20(15-21(17-34)29(38)36-26-13-12-22(32)16-25(26)33)19(2)37(18)31-28(24-10-6-7-11-27(24)40-31)30(39)35-23-8-4-3-5-9-23/h3-5,8-9,12-16H,6-7,10-11H2,1-2H3,(H,35,39)(H,36,38)/b21-15-. The molecule has 0 unspecified atom stereocenters. The molecule has 4 aromatic rings. The average molecular weight is 590 g/mol. The van der Waals surface area contributed by atoms with Crippen LogP contribution in [-0.4, -0.2) is 16.4 Å². The van der Waals surface area contributed by atoms with Crippen molar-refractivity contribution in [2.45, 2.75) is 39.5 Å². The SMILES string of the molecule is Cc1cc(/C=C(/C#N)C(=O)Nc2ccc(Cl)cc2Cl)c(C)n1-c1sc2c(c1C(=O)Nc1ccccc1)CCCC2. The minimum absolute atomic E-state index is 0.0706. The van der Waals surface area contributed by atoms with Gasteiger partial charge in [-0.25, -0.2) is 0 Å². The first kappa shape index (κ1) is 27.7. The Morgan fingerprint density at radius 2 is 1.77 bits per heavy atom. The van der Waals surface area contributed by atoms with E-state index in [2.05, 4.69) is 15.2 Å². The molecule has 0 spiro atoms. The van der Waals surface area contributed by atoms with E-state index in [-0.39, 0.29) is 16.5 Å². The summed E-state index contributed by atoms with van der Waals surface area (Å²) < 4.78 is 2.05. The molecule has 2 heterocycles. The Hall–Kier alpha value is -3.83. The number of aryl methyl sites for hydroxylation is 2. The van der Waals surface area contributed by atoms with Crippen molar-refractivity contribution in [3.63, 3.8) is 0 Å². The maximum Gasteiger partial charge on any atom is 0.266 e. The Bertz CT molecular complexity index is 1700. The van der Waals surface area contributed by atoms with Gasteiger partial charge in [0.05, 0.1) is 16.3 Å². The number of nitriles is 1. The average Bonchev–Trinajstić information content (AvgIpc) is 3.45. The maximum atomic E-state index is 13.7. The van der Waals surface area contributed by atoms with E-state index in [1.807, 2.05) is 56.3 Å². The van der Waals surface area contributed by atoms with Crippen molar-refractivity contribution in [3.05, 3.63) is 103 Å². The van der Waals surface area contributed by atoms with E-state index in [1.54, 1.807) is 29.5 Å². The summed E-state index contributed by atoms with van der Waals surface area (Å²) in [6, 6.07) is 18.1. The number of nitrogens with zero attached hydrogens (tertiary/aromatic N) is 2. The van der Waals surface area contributed by atoms with Crippen LogP contribution in [0, 0.1) is 25.2 Å². The number of amides is 2. The maximum absolute atomic E-state index is 13.7. The number of hydrogen-bond acceptors (Lipinski definition) is 4. The number of carbonyl (C=O) groups is 2. The largest absolute Gasteiger partial charge is 0.322 e. The molecule has 2 aromatic heterocycles. The van der Waals surface area contributed by atoms with Crippen molar-refractivity contribution >= 4 is 63.8 Å². The Morgan fingerprint density at radius 1 is 1.02 bits per heavy atom. The topological polar surface area (TPSA) is 86.9 Å². The third-order valence-electron chi connectivity index (χ3n) is 6.93. The molecular weight excluding hydrogens is 563 g/mol. The third kappa shape index (κ3) is 5.57. The lowest BCUT2D eigenvalue weighted by atomic mass is 9.95. The summed E-state index contributed by atoms with van der Waals surface area (Å²) in [5.74, 6) is -0.715. The Balaban J connectivity index is 1.52. The minimum Gasteiger partial charge on any atom is -0.322 e. The van der Waals surface area contributed by atoms with Crippen molar-refractivity contribution in [1.82, 2.24) is 4.57 Å². The normalized spacial score (nSPS) is 12.9. The molecule has 0 bridgehead atoms. The predicted molar refractivity (Wildman–Crippen MR) is 163 cm³/mol. The summed E-state index contributed by atoms with van der Waals surface area (Å²) in [6.45, 7) is 3.89. The van der Waals surface area contributed by atoms with Gasteiger partial charge in [0.2, 0.25) is 0 Å². The zero-order chi connectivity index (χ0) is 28.4. The lowest BCUT2D eigenvalue weighted by Crippen LogP contribution is -2.17. The van der Waals surface area contributed by atoms with E-state index in [9.17, 15) is 14.9 Å². The van der Waals surface area contributed by atoms with E-state index < -0.39 is 5.91 Å². The van der Waals surface area contributed by atoms with E-state index in [0.29, 0.717) is 21.8 Å². The van der Waals surface area contributed by atoms with Crippen LogP contribution in [-0.2, 0) is 17.6 Å². The van der Waals surface area contributed by atoms with Gasteiger partial charge in [-0.1, -0.05) is 41.4 Å². The zero-order valence-corrected chi connectivity index (χ0v) is 24.3. The van der Waals surface area contributed by atoms with Gasteiger partial charge in [0.1, 0.15) is 16.6 Å². The van der Waals surface area contributed by atoms with Gasteiger partial charge in [-0.2, -0.15) is 5.26 Å². The molecule has 0 aliphatic heterocycles. The smallest absolute Gasteiger partial charge is 0.266 e. The molecule has 40 heavy (non-hydrogen) atoms. The second kappa shape index (κ2) is 11.7. The monoisotopic (exact) mass is 588 g/mol. The molecular formula is C31H26Cl2N4O2S. The van der Waals surface area contributed by atoms with Crippen molar-refractivity contribution in [2.75, 3.05) is 10.6 Å². The third-order valence-corrected chi connectivity index (χ3v) is 8.75. The van der Waals surface area contributed by atoms with Crippen LogP contribution in [0.2, 0.25) is 10.0 Å². The number of carbonyl (C=O) groups excluding carboxylic acids is 2. The van der Waals surface area contributed by atoms with E-state index in [4.69, 9.17) is 23.2 Å². The summed E-state index contributed by atoms with van der Waals surface area (Å²) in [6.07, 6.45) is 5.52. The minimum atomic E-state index is -0.578.